The molecule has 0 saturated carbocycles. The van der Waals surface area contributed by atoms with Crippen LogP contribution in [0.2, 0.25) is 0 Å². The Morgan fingerprint density at radius 1 is 0.857 bits per heavy atom. The van der Waals surface area contributed by atoms with Crippen LogP contribution in [-0.2, 0) is 17.8 Å². The van der Waals surface area contributed by atoms with Gasteiger partial charge in [-0.05, 0) is 76.2 Å². The maximum Gasteiger partial charge on any atom is 0.286 e. The van der Waals surface area contributed by atoms with E-state index in [1.165, 1.54) is 19.3 Å². The maximum atomic E-state index is 13.3. The molecule has 1 saturated heterocycles. The van der Waals surface area contributed by atoms with E-state index in [1.807, 2.05) is 85.9 Å². The topological polar surface area (TPSA) is 75.7 Å². The summed E-state index contributed by atoms with van der Waals surface area (Å²) in [6.07, 6.45) is 5.21. The number of nitrogens with zero attached hydrogens (tertiary/aromatic N) is 1. The van der Waals surface area contributed by atoms with Crippen molar-refractivity contribution in [2.24, 2.45) is 0 Å². The number of hydrogen-bond donors (Lipinski definition) is 1. The van der Waals surface area contributed by atoms with Crippen molar-refractivity contribution >= 4 is 39.6 Å². The van der Waals surface area contributed by atoms with Crippen LogP contribution in [0.1, 0.15) is 54.1 Å². The second kappa shape index (κ2) is 13.7. The molecule has 1 fully saturated rings. The Bertz CT molecular complexity index is 1580. The number of amides is 3. The van der Waals surface area contributed by atoms with E-state index in [1.54, 1.807) is 4.90 Å². The van der Waals surface area contributed by atoms with Crippen LogP contribution in [0.4, 0.5) is 4.79 Å². The Balaban J connectivity index is 1.20. The summed E-state index contributed by atoms with van der Waals surface area (Å²) < 4.78 is 5.92. The molecule has 1 atom stereocenters. The van der Waals surface area contributed by atoms with Gasteiger partial charge < -0.3 is 9.64 Å². The zero-order valence-corrected chi connectivity index (χ0v) is 24.9. The molecule has 0 spiro atoms. The van der Waals surface area contributed by atoms with E-state index in [4.69, 9.17) is 4.74 Å². The molecule has 5 rings (SSSR count). The Kier molecular flexibility index (Phi) is 9.59. The van der Waals surface area contributed by atoms with Gasteiger partial charge in [0.25, 0.3) is 11.1 Å². The molecule has 216 valence electrons. The molecular weight excluding hydrogens is 544 g/mol. The first-order chi connectivity index (χ1) is 20.4. The lowest BCUT2D eigenvalue weighted by molar-refractivity contribution is -0.118. The largest absolute Gasteiger partial charge is 0.494 e. The molecular formula is C35H36N2O4S. The van der Waals surface area contributed by atoms with Crippen LogP contribution < -0.4 is 10.1 Å². The third-order valence-electron chi connectivity index (χ3n) is 7.49. The lowest BCUT2D eigenvalue weighted by atomic mass is 10.00. The average molecular weight is 581 g/mol. The number of rotatable bonds is 12. The summed E-state index contributed by atoms with van der Waals surface area (Å²) >= 11 is 1.05. The number of nitrogens with one attached hydrogen (secondary N) is 1. The molecule has 0 bridgehead atoms. The molecule has 0 aliphatic carbocycles. The minimum Gasteiger partial charge on any atom is -0.494 e. The first-order valence-corrected chi connectivity index (χ1v) is 15.4. The van der Waals surface area contributed by atoms with E-state index in [9.17, 15) is 14.4 Å². The number of fused-ring (bicyclic) bond motifs is 1. The van der Waals surface area contributed by atoms with Crippen LogP contribution >= 0.6 is 11.8 Å². The fourth-order valence-corrected chi connectivity index (χ4v) is 6.02. The number of benzene rings is 4. The SMILES string of the molecule is CCCCCCOc1ccc2cc(C(=O)N(C)Cc3cccc(-c4ccc(CC5SC(=O)NC5=O)cc4)c3)ccc2c1. The van der Waals surface area contributed by atoms with Gasteiger partial charge in [-0.2, -0.15) is 0 Å². The molecule has 6 nitrogen and oxygen atoms in total. The van der Waals surface area contributed by atoms with Crippen LogP contribution in [0, 0.1) is 0 Å². The maximum absolute atomic E-state index is 13.3. The molecule has 4 aromatic rings. The van der Waals surface area contributed by atoms with Gasteiger partial charge in [0.15, 0.2) is 0 Å². The monoisotopic (exact) mass is 580 g/mol. The summed E-state index contributed by atoms with van der Waals surface area (Å²) in [5.74, 6) is 0.605. The molecule has 7 heteroatoms. The quantitative estimate of drug-likeness (QED) is 0.174. The van der Waals surface area contributed by atoms with Gasteiger partial charge in [0.1, 0.15) is 5.75 Å². The number of thioether (sulfide) groups is 1. The van der Waals surface area contributed by atoms with Crippen molar-refractivity contribution in [1.82, 2.24) is 10.2 Å². The molecule has 0 radical (unpaired) electrons. The van der Waals surface area contributed by atoms with Crippen molar-refractivity contribution in [3.8, 4) is 16.9 Å². The Labute approximate surface area is 251 Å². The highest BCUT2D eigenvalue weighted by Crippen LogP contribution is 2.27. The molecule has 0 aromatic heterocycles. The third-order valence-corrected chi connectivity index (χ3v) is 8.48. The first-order valence-electron chi connectivity index (χ1n) is 14.5. The van der Waals surface area contributed by atoms with Crippen LogP contribution in [0.15, 0.2) is 84.9 Å². The second-order valence-electron chi connectivity index (χ2n) is 10.8. The zero-order chi connectivity index (χ0) is 29.5. The van der Waals surface area contributed by atoms with E-state index in [0.29, 0.717) is 18.5 Å². The zero-order valence-electron chi connectivity index (χ0n) is 24.1. The number of carbonyl (C=O) groups excluding carboxylic acids is 3. The van der Waals surface area contributed by atoms with Crippen molar-refractivity contribution in [2.45, 2.75) is 50.8 Å². The van der Waals surface area contributed by atoms with Gasteiger partial charge in [0.2, 0.25) is 5.91 Å². The predicted molar refractivity (Wildman–Crippen MR) is 170 cm³/mol. The van der Waals surface area contributed by atoms with E-state index < -0.39 is 0 Å². The number of imide groups is 1. The summed E-state index contributed by atoms with van der Waals surface area (Å²) in [4.78, 5) is 38.4. The predicted octanol–water partition coefficient (Wildman–Crippen LogP) is 7.63. The van der Waals surface area contributed by atoms with Crippen molar-refractivity contribution in [3.63, 3.8) is 0 Å². The van der Waals surface area contributed by atoms with Crippen LogP contribution in [-0.4, -0.2) is 40.9 Å². The van der Waals surface area contributed by atoms with E-state index in [-0.39, 0.29) is 22.3 Å². The fourth-order valence-electron chi connectivity index (χ4n) is 5.16. The molecule has 42 heavy (non-hydrogen) atoms. The number of ether oxygens (including phenoxy) is 1. The number of unbranched alkanes of at least 4 members (excludes halogenated alkanes) is 3. The minimum atomic E-state index is -0.376. The smallest absolute Gasteiger partial charge is 0.286 e. The molecule has 1 N–H and O–H groups in total. The highest BCUT2D eigenvalue weighted by molar-refractivity contribution is 8.15. The second-order valence-corrected chi connectivity index (χ2v) is 12.0. The summed E-state index contributed by atoms with van der Waals surface area (Å²) in [5.41, 5.74) is 4.79. The Morgan fingerprint density at radius 2 is 1.64 bits per heavy atom. The first kappa shape index (κ1) is 29.4. The Hall–Kier alpha value is -4.10. The standard InChI is InChI=1S/C35H36N2O4S/c1-3-4-5-6-18-41-31-17-16-28-21-30(15-14-29(28)22-31)34(39)37(2)23-25-8-7-9-27(19-25)26-12-10-24(11-13-26)20-32-33(38)36-35(40)42-32/h7-17,19,21-22,32H,3-6,18,20,23H2,1-2H3,(H,36,38,40). The fraction of sp³-hybridized carbons (Fsp3) is 0.286. The third kappa shape index (κ3) is 7.39. The van der Waals surface area contributed by atoms with Crippen molar-refractivity contribution in [1.29, 1.82) is 0 Å². The van der Waals surface area contributed by atoms with E-state index >= 15 is 0 Å². The van der Waals surface area contributed by atoms with Gasteiger partial charge in [-0.15, -0.1) is 0 Å². The van der Waals surface area contributed by atoms with Gasteiger partial charge in [-0.3, -0.25) is 19.7 Å². The lowest BCUT2D eigenvalue weighted by Crippen LogP contribution is -2.26. The molecule has 1 aliphatic heterocycles. The van der Waals surface area contributed by atoms with Gasteiger partial charge in [0.05, 0.1) is 11.9 Å². The molecule has 1 heterocycles. The normalized spacial score (nSPS) is 14.7. The highest BCUT2D eigenvalue weighted by atomic mass is 32.2. The van der Waals surface area contributed by atoms with Crippen molar-refractivity contribution in [3.05, 3.63) is 102 Å². The summed E-state index contributed by atoms with van der Waals surface area (Å²) in [6.45, 7) is 3.41. The van der Waals surface area contributed by atoms with Crippen LogP contribution in [0.5, 0.6) is 5.75 Å². The number of hydrogen-bond acceptors (Lipinski definition) is 5. The number of carbonyl (C=O) groups is 3. The minimum absolute atomic E-state index is 0.0322. The van der Waals surface area contributed by atoms with Gasteiger partial charge in [0, 0.05) is 19.2 Å². The van der Waals surface area contributed by atoms with E-state index in [2.05, 4.69) is 18.3 Å². The summed E-state index contributed by atoms with van der Waals surface area (Å²) in [7, 11) is 1.82. The van der Waals surface area contributed by atoms with Gasteiger partial charge in [-0.1, -0.05) is 92.5 Å². The van der Waals surface area contributed by atoms with Gasteiger partial charge >= 0.3 is 0 Å². The average Bonchev–Trinajstić information content (AvgIpc) is 3.32. The van der Waals surface area contributed by atoms with Gasteiger partial charge in [-0.25, -0.2) is 0 Å². The summed E-state index contributed by atoms with van der Waals surface area (Å²) in [6, 6.07) is 28.1. The van der Waals surface area contributed by atoms with Crippen LogP contribution in [0.3, 0.4) is 0 Å². The highest BCUT2D eigenvalue weighted by Gasteiger charge is 2.31. The summed E-state index contributed by atoms with van der Waals surface area (Å²) in [5, 5.41) is 3.74. The van der Waals surface area contributed by atoms with E-state index in [0.717, 1.165) is 63.6 Å². The molecule has 1 unspecified atom stereocenters. The molecule has 4 aromatic carbocycles. The Morgan fingerprint density at radius 3 is 2.40 bits per heavy atom. The van der Waals surface area contributed by atoms with Crippen LogP contribution in [0.25, 0.3) is 21.9 Å². The molecule has 3 amide bonds. The van der Waals surface area contributed by atoms with Crippen molar-refractivity contribution in [2.75, 3.05) is 13.7 Å². The lowest BCUT2D eigenvalue weighted by Gasteiger charge is -2.18. The molecule has 1 aliphatic rings. The van der Waals surface area contributed by atoms with Crippen molar-refractivity contribution < 1.29 is 19.1 Å².